The van der Waals surface area contributed by atoms with Crippen LogP contribution < -0.4 is 10.6 Å². The standard InChI is InChI=1S/C17H22N6O2S/c1-12-7-5-6-10-14(12)23-17(20-21-22-23)26-11-15(24)19-16(25)18-13-8-3-2-4-9-13/h5-7,10,13H,2-4,8-9,11H2,1H3,(H2,18,19,24,25). The van der Waals surface area contributed by atoms with E-state index in [9.17, 15) is 9.59 Å². The largest absolute Gasteiger partial charge is 0.335 e. The molecule has 9 heteroatoms. The van der Waals surface area contributed by atoms with E-state index in [0.717, 1.165) is 36.9 Å². The number of nitrogens with zero attached hydrogens (tertiary/aromatic N) is 4. The van der Waals surface area contributed by atoms with Crippen LogP contribution in [0.15, 0.2) is 29.4 Å². The molecule has 1 aromatic carbocycles. The summed E-state index contributed by atoms with van der Waals surface area (Å²) in [5, 5.41) is 17.4. The predicted octanol–water partition coefficient (Wildman–Crippen LogP) is 2.22. The quantitative estimate of drug-likeness (QED) is 0.778. The summed E-state index contributed by atoms with van der Waals surface area (Å²) in [4.78, 5) is 24.0. The summed E-state index contributed by atoms with van der Waals surface area (Å²) >= 11 is 1.19. The lowest BCUT2D eigenvalue weighted by Crippen LogP contribution is -2.45. The third-order valence-electron chi connectivity index (χ3n) is 4.31. The number of aryl methyl sites for hydroxylation is 1. The molecule has 26 heavy (non-hydrogen) atoms. The molecule has 0 bridgehead atoms. The Balaban J connectivity index is 1.51. The van der Waals surface area contributed by atoms with E-state index in [4.69, 9.17) is 0 Å². The number of imide groups is 1. The zero-order valence-electron chi connectivity index (χ0n) is 14.6. The maximum Gasteiger partial charge on any atom is 0.321 e. The third kappa shape index (κ3) is 4.81. The Labute approximate surface area is 156 Å². The van der Waals surface area contributed by atoms with Crippen LogP contribution in [0.25, 0.3) is 5.69 Å². The van der Waals surface area contributed by atoms with Crippen LogP contribution in [0.2, 0.25) is 0 Å². The van der Waals surface area contributed by atoms with Crippen LogP contribution in [-0.2, 0) is 4.79 Å². The Morgan fingerprint density at radius 1 is 1.23 bits per heavy atom. The van der Waals surface area contributed by atoms with Crippen molar-refractivity contribution in [2.45, 2.75) is 50.2 Å². The molecule has 2 aromatic rings. The number of benzene rings is 1. The van der Waals surface area contributed by atoms with Crippen LogP contribution in [0, 0.1) is 6.92 Å². The molecule has 0 aliphatic heterocycles. The fourth-order valence-corrected chi connectivity index (χ4v) is 3.67. The van der Waals surface area contributed by atoms with Gasteiger partial charge in [0.1, 0.15) is 0 Å². The van der Waals surface area contributed by atoms with Gasteiger partial charge in [-0.1, -0.05) is 49.2 Å². The number of aromatic nitrogens is 4. The minimum atomic E-state index is -0.430. The summed E-state index contributed by atoms with van der Waals surface area (Å²) in [6.45, 7) is 1.97. The van der Waals surface area contributed by atoms with Gasteiger partial charge in [0.15, 0.2) is 0 Å². The monoisotopic (exact) mass is 374 g/mol. The highest BCUT2D eigenvalue weighted by atomic mass is 32.2. The molecular formula is C17H22N6O2S. The number of tetrazole rings is 1. The zero-order valence-corrected chi connectivity index (χ0v) is 15.5. The average Bonchev–Trinajstić information content (AvgIpc) is 3.09. The number of thioether (sulfide) groups is 1. The molecule has 0 spiro atoms. The van der Waals surface area contributed by atoms with Crippen molar-refractivity contribution in [1.82, 2.24) is 30.8 Å². The number of nitrogens with one attached hydrogen (secondary N) is 2. The Kier molecular flexibility index (Phi) is 6.21. The molecule has 0 saturated heterocycles. The molecule has 138 valence electrons. The van der Waals surface area contributed by atoms with Crippen molar-refractivity contribution in [3.05, 3.63) is 29.8 Å². The van der Waals surface area contributed by atoms with Crippen LogP contribution in [0.5, 0.6) is 0 Å². The molecular weight excluding hydrogens is 352 g/mol. The van der Waals surface area contributed by atoms with Gasteiger partial charge in [-0.15, -0.1) is 5.10 Å². The third-order valence-corrected chi connectivity index (χ3v) is 5.23. The second-order valence-electron chi connectivity index (χ2n) is 6.30. The van der Waals surface area contributed by atoms with E-state index in [1.54, 1.807) is 4.68 Å². The van der Waals surface area contributed by atoms with Crippen LogP contribution in [-0.4, -0.2) is 43.9 Å². The molecule has 1 heterocycles. The molecule has 3 amide bonds. The summed E-state index contributed by atoms with van der Waals surface area (Å²) in [6.07, 6.45) is 5.40. The highest BCUT2D eigenvalue weighted by molar-refractivity contribution is 7.99. The van der Waals surface area contributed by atoms with E-state index >= 15 is 0 Å². The molecule has 3 rings (SSSR count). The first-order valence-electron chi connectivity index (χ1n) is 8.71. The van der Waals surface area contributed by atoms with Gasteiger partial charge in [-0.3, -0.25) is 10.1 Å². The van der Waals surface area contributed by atoms with Crippen LogP contribution >= 0.6 is 11.8 Å². The van der Waals surface area contributed by atoms with E-state index in [-0.39, 0.29) is 17.7 Å². The molecule has 1 aromatic heterocycles. The van der Waals surface area contributed by atoms with Gasteiger partial charge < -0.3 is 5.32 Å². The van der Waals surface area contributed by atoms with Crippen molar-refractivity contribution in [2.24, 2.45) is 0 Å². The molecule has 0 unspecified atom stereocenters. The number of hydrogen-bond acceptors (Lipinski definition) is 6. The van der Waals surface area contributed by atoms with Gasteiger partial charge in [-0.2, -0.15) is 4.68 Å². The van der Waals surface area contributed by atoms with Gasteiger partial charge in [-0.25, -0.2) is 4.79 Å². The first-order valence-corrected chi connectivity index (χ1v) is 9.69. The smallest absolute Gasteiger partial charge is 0.321 e. The molecule has 1 aliphatic carbocycles. The Morgan fingerprint density at radius 3 is 2.77 bits per heavy atom. The number of carbonyl (C=O) groups excluding carboxylic acids is 2. The second-order valence-corrected chi connectivity index (χ2v) is 7.25. The Bertz CT molecular complexity index is 772. The first kappa shape index (κ1) is 18.4. The summed E-state index contributed by atoms with van der Waals surface area (Å²) in [7, 11) is 0. The summed E-state index contributed by atoms with van der Waals surface area (Å²) in [5.74, 6) is -0.313. The minimum absolute atomic E-state index is 0.0599. The Hall–Kier alpha value is -2.42. The minimum Gasteiger partial charge on any atom is -0.335 e. The number of hydrogen-bond donors (Lipinski definition) is 2. The maximum atomic E-state index is 12.0. The van der Waals surface area contributed by atoms with Crippen molar-refractivity contribution >= 4 is 23.7 Å². The van der Waals surface area contributed by atoms with Crippen molar-refractivity contribution in [3.8, 4) is 5.69 Å². The van der Waals surface area contributed by atoms with Crippen molar-refractivity contribution in [2.75, 3.05) is 5.75 Å². The predicted molar refractivity (Wildman–Crippen MR) is 98.2 cm³/mol. The molecule has 8 nitrogen and oxygen atoms in total. The van der Waals surface area contributed by atoms with Gasteiger partial charge >= 0.3 is 6.03 Å². The zero-order chi connectivity index (χ0) is 18.4. The van der Waals surface area contributed by atoms with Crippen LogP contribution in [0.1, 0.15) is 37.7 Å². The van der Waals surface area contributed by atoms with E-state index in [0.29, 0.717) is 5.16 Å². The van der Waals surface area contributed by atoms with Crippen molar-refractivity contribution in [1.29, 1.82) is 0 Å². The summed E-state index contributed by atoms with van der Waals surface area (Å²) < 4.78 is 1.59. The first-order chi connectivity index (χ1) is 12.6. The van der Waals surface area contributed by atoms with E-state index in [1.807, 2.05) is 31.2 Å². The van der Waals surface area contributed by atoms with E-state index in [1.165, 1.54) is 18.2 Å². The van der Waals surface area contributed by atoms with Crippen molar-refractivity contribution < 1.29 is 9.59 Å². The molecule has 1 fully saturated rings. The lowest BCUT2D eigenvalue weighted by Gasteiger charge is -2.22. The number of amides is 3. The normalized spacial score (nSPS) is 14.8. The molecule has 1 saturated carbocycles. The van der Waals surface area contributed by atoms with Gasteiger partial charge in [0.25, 0.3) is 0 Å². The maximum absolute atomic E-state index is 12.0. The molecule has 1 aliphatic rings. The lowest BCUT2D eigenvalue weighted by molar-refractivity contribution is -0.117. The average molecular weight is 374 g/mol. The number of urea groups is 1. The SMILES string of the molecule is Cc1ccccc1-n1nnnc1SCC(=O)NC(=O)NC1CCCCC1. The lowest BCUT2D eigenvalue weighted by atomic mass is 9.96. The van der Waals surface area contributed by atoms with Crippen LogP contribution in [0.3, 0.4) is 0 Å². The summed E-state index contributed by atoms with van der Waals surface area (Å²) in [5.41, 5.74) is 1.88. The summed E-state index contributed by atoms with van der Waals surface area (Å²) in [6, 6.07) is 7.45. The molecule has 0 atom stereocenters. The Morgan fingerprint density at radius 2 is 2.00 bits per heavy atom. The van der Waals surface area contributed by atoms with Crippen molar-refractivity contribution in [3.63, 3.8) is 0 Å². The van der Waals surface area contributed by atoms with Gasteiger partial charge in [-0.05, 0) is 41.8 Å². The topological polar surface area (TPSA) is 102 Å². The number of carbonyl (C=O) groups is 2. The fraction of sp³-hybridized carbons (Fsp3) is 0.471. The van der Waals surface area contributed by atoms with E-state index < -0.39 is 6.03 Å². The van der Waals surface area contributed by atoms with E-state index in [2.05, 4.69) is 26.2 Å². The van der Waals surface area contributed by atoms with Crippen LogP contribution in [0.4, 0.5) is 4.79 Å². The highest BCUT2D eigenvalue weighted by Gasteiger charge is 2.18. The molecule has 0 radical (unpaired) electrons. The van der Waals surface area contributed by atoms with Gasteiger partial charge in [0.2, 0.25) is 11.1 Å². The van der Waals surface area contributed by atoms with Gasteiger partial charge in [0, 0.05) is 6.04 Å². The number of rotatable bonds is 5. The number of para-hydroxylation sites is 1. The fourth-order valence-electron chi connectivity index (χ4n) is 2.98. The van der Waals surface area contributed by atoms with Gasteiger partial charge in [0.05, 0.1) is 11.4 Å². The second kappa shape index (κ2) is 8.79. The molecule has 2 N–H and O–H groups in total. The highest BCUT2D eigenvalue weighted by Crippen LogP contribution is 2.20.